The van der Waals surface area contributed by atoms with Gasteiger partial charge in [-0.05, 0) is 42.8 Å². The number of amides is 1. The molecule has 26 heavy (non-hydrogen) atoms. The Balaban J connectivity index is 1.91. The van der Waals surface area contributed by atoms with E-state index in [0.717, 1.165) is 17.7 Å². The fraction of sp³-hybridized carbons (Fsp3) is 0.167. The number of rotatable bonds is 5. The molecule has 0 aromatic heterocycles. The van der Waals surface area contributed by atoms with Crippen LogP contribution < -0.4 is 10.7 Å². The van der Waals surface area contributed by atoms with Crippen LogP contribution in [-0.2, 0) is 11.0 Å². The van der Waals surface area contributed by atoms with Crippen LogP contribution in [0.1, 0.15) is 23.6 Å². The zero-order valence-corrected chi connectivity index (χ0v) is 13.8. The van der Waals surface area contributed by atoms with Crippen LogP contribution in [0, 0.1) is 11.3 Å². The largest absolute Gasteiger partial charge is 0.416 e. The van der Waals surface area contributed by atoms with E-state index in [-0.39, 0.29) is 12.2 Å². The maximum Gasteiger partial charge on any atom is 0.416 e. The average Bonchev–Trinajstić information content (AvgIpc) is 2.64. The highest BCUT2D eigenvalue weighted by molar-refractivity contribution is 5.99. The van der Waals surface area contributed by atoms with Crippen LogP contribution in [0.4, 0.5) is 18.9 Å². The number of anilines is 1. The van der Waals surface area contributed by atoms with E-state index in [9.17, 15) is 18.0 Å². The van der Waals surface area contributed by atoms with E-state index in [1.807, 2.05) is 6.07 Å². The summed E-state index contributed by atoms with van der Waals surface area (Å²) in [4.78, 5) is 11.8. The van der Waals surface area contributed by atoms with Crippen molar-refractivity contribution < 1.29 is 18.0 Å². The van der Waals surface area contributed by atoms with Crippen LogP contribution >= 0.6 is 0 Å². The summed E-state index contributed by atoms with van der Waals surface area (Å²) in [5.41, 5.74) is 3.48. The summed E-state index contributed by atoms with van der Waals surface area (Å²) in [7, 11) is 0. The maximum atomic E-state index is 12.6. The number of carbonyl (C=O) groups excluding carboxylic acids is 1. The first kappa shape index (κ1) is 19.0. The van der Waals surface area contributed by atoms with Crippen LogP contribution in [0.15, 0.2) is 53.6 Å². The lowest BCUT2D eigenvalue weighted by Crippen LogP contribution is -2.26. The lowest BCUT2D eigenvalue weighted by Gasteiger charge is -2.10. The number of hydrazone groups is 1. The van der Waals surface area contributed by atoms with Crippen molar-refractivity contribution in [2.75, 3.05) is 11.9 Å². The van der Waals surface area contributed by atoms with Gasteiger partial charge in [0.25, 0.3) is 5.91 Å². The highest BCUT2D eigenvalue weighted by atomic mass is 19.4. The molecule has 134 valence electrons. The third kappa shape index (κ3) is 5.34. The number of hydrogen-bond donors (Lipinski definition) is 2. The molecule has 0 heterocycles. The molecule has 0 bridgehead atoms. The Kier molecular flexibility index (Phi) is 5.96. The molecule has 0 aliphatic rings. The third-order valence-electron chi connectivity index (χ3n) is 3.42. The number of nitrogens with one attached hydrogen (secondary N) is 2. The highest BCUT2D eigenvalue weighted by Gasteiger charge is 2.30. The first-order valence-electron chi connectivity index (χ1n) is 7.54. The second-order valence-corrected chi connectivity index (χ2v) is 5.35. The monoisotopic (exact) mass is 360 g/mol. The van der Waals surface area contributed by atoms with E-state index in [1.54, 1.807) is 31.2 Å². The summed E-state index contributed by atoms with van der Waals surface area (Å²) < 4.78 is 37.9. The second-order valence-electron chi connectivity index (χ2n) is 5.35. The van der Waals surface area contributed by atoms with Crippen molar-refractivity contribution in [2.24, 2.45) is 5.10 Å². The van der Waals surface area contributed by atoms with Crippen LogP contribution in [-0.4, -0.2) is 18.2 Å². The number of nitriles is 1. The van der Waals surface area contributed by atoms with Crippen molar-refractivity contribution in [1.29, 1.82) is 5.26 Å². The van der Waals surface area contributed by atoms with E-state index in [0.29, 0.717) is 11.3 Å². The molecular weight excluding hydrogens is 345 g/mol. The van der Waals surface area contributed by atoms with Gasteiger partial charge in [-0.25, -0.2) is 5.43 Å². The lowest BCUT2D eigenvalue weighted by molar-refractivity contribution is -0.137. The molecule has 0 saturated carbocycles. The van der Waals surface area contributed by atoms with Crippen molar-refractivity contribution in [3.63, 3.8) is 0 Å². The summed E-state index contributed by atoms with van der Waals surface area (Å²) >= 11 is 0. The topological polar surface area (TPSA) is 77.3 Å². The van der Waals surface area contributed by atoms with Gasteiger partial charge in [0.05, 0.1) is 29.5 Å². The number of halogens is 3. The van der Waals surface area contributed by atoms with Gasteiger partial charge in [0, 0.05) is 5.69 Å². The molecule has 5 nitrogen and oxygen atoms in total. The van der Waals surface area contributed by atoms with E-state index < -0.39 is 17.6 Å². The summed E-state index contributed by atoms with van der Waals surface area (Å²) in [6.07, 6.45) is -4.44. The Morgan fingerprint density at radius 2 is 1.88 bits per heavy atom. The summed E-state index contributed by atoms with van der Waals surface area (Å²) in [6, 6.07) is 13.2. The zero-order valence-electron chi connectivity index (χ0n) is 13.8. The minimum Gasteiger partial charge on any atom is -0.376 e. The molecule has 0 radical (unpaired) electrons. The summed E-state index contributed by atoms with van der Waals surface area (Å²) in [5.74, 6) is -0.504. The predicted octanol–water partition coefficient (Wildman–Crippen LogP) is 3.53. The van der Waals surface area contributed by atoms with Crippen molar-refractivity contribution in [3.05, 3.63) is 65.2 Å². The van der Waals surface area contributed by atoms with Gasteiger partial charge in [-0.3, -0.25) is 4.79 Å². The molecule has 0 unspecified atom stereocenters. The lowest BCUT2D eigenvalue weighted by atomic mass is 10.1. The molecule has 0 saturated heterocycles. The quantitative estimate of drug-likeness (QED) is 0.633. The fourth-order valence-corrected chi connectivity index (χ4v) is 2.02. The molecule has 1 amide bonds. The standard InChI is InChI=1S/C18H15F3N4O/c1-12(14-7-5-13(10-22)6-8-14)24-25-17(26)11-23-16-4-2-3-15(9-16)18(19,20)21/h2-9,23H,11H2,1H3,(H,25,26). The van der Waals surface area contributed by atoms with E-state index >= 15 is 0 Å². The molecule has 0 aliphatic heterocycles. The summed E-state index contributed by atoms with van der Waals surface area (Å²) in [6.45, 7) is 1.45. The van der Waals surface area contributed by atoms with Crippen molar-refractivity contribution in [1.82, 2.24) is 5.43 Å². The van der Waals surface area contributed by atoms with Gasteiger partial charge in [-0.1, -0.05) is 18.2 Å². The second kappa shape index (κ2) is 8.16. The van der Waals surface area contributed by atoms with E-state index in [1.165, 1.54) is 12.1 Å². The first-order chi connectivity index (χ1) is 12.3. The molecule has 2 rings (SSSR count). The highest BCUT2D eigenvalue weighted by Crippen LogP contribution is 2.30. The van der Waals surface area contributed by atoms with Crippen molar-refractivity contribution >= 4 is 17.3 Å². The maximum absolute atomic E-state index is 12.6. The molecule has 2 aromatic rings. The van der Waals surface area contributed by atoms with Crippen LogP contribution in [0.3, 0.4) is 0 Å². The Hall–Kier alpha value is -3.34. The molecular formula is C18H15F3N4O. The number of benzene rings is 2. The van der Waals surface area contributed by atoms with Gasteiger partial charge >= 0.3 is 6.18 Å². The van der Waals surface area contributed by atoms with Crippen molar-refractivity contribution in [2.45, 2.75) is 13.1 Å². The molecule has 0 fully saturated rings. The number of alkyl halides is 3. The third-order valence-corrected chi connectivity index (χ3v) is 3.42. The number of nitrogens with zero attached hydrogens (tertiary/aromatic N) is 2. The van der Waals surface area contributed by atoms with Crippen molar-refractivity contribution in [3.8, 4) is 6.07 Å². The zero-order chi connectivity index (χ0) is 19.2. The normalized spacial score (nSPS) is 11.6. The molecule has 2 N–H and O–H groups in total. The van der Waals surface area contributed by atoms with Gasteiger partial charge in [0.2, 0.25) is 0 Å². The fourth-order valence-electron chi connectivity index (χ4n) is 2.02. The Bertz CT molecular complexity index is 852. The number of hydrogen-bond acceptors (Lipinski definition) is 4. The van der Waals surface area contributed by atoms with E-state index in [4.69, 9.17) is 5.26 Å². The van der Waals surface area contributed by atoms with Crippen LogP contribution in [0.5, 0.6) is 0 Å². The van der Waals surface area contributed by atoms with E-state index in [2.05, 4.69) is 15.8 Å². The molecule has 0 atom stereocenters. The molecule has 8 heteroatoms. The molecule has 0 aliphatic carbocycles. The van der Waals surface area contributed by atoms with Gasteiger partial charge in [-0.15, -0.1) is 0 Å². The summed E-state index contributed by atoms with van der Waals surface area (Å²) in [5, 5.41) is 15.3. The van der Waals surface area contributed by atoms with Crippen LogP contribution in [0.2, 0.25) is 0 Å². The predicted molar refractivity (Wildman–Crippen MR) is 91.4 cm³/mol. The van der Waals surface area contributed by atoms with Crippen LogP contribution in [0.25, 0.3) is 0 Å². The minimum atomic E-state index is -4.44. The molecule has 0 spiro atoms. The molecule has 2 aromatic carbocycles. The number of carbonyl (C=O) groups is 1. The SMILES string of the molecule is CC(=NNC(=O)CNc1cccc(C(F)(F)F)c1)c1ccc(C#N)cc1. The van der Waals surface area contributed by atoms with Gasteiger partial charge < -0.3 is 5.32 Å². The van der Waals surface area contributed by atoms with Gasteiger partial charge in [0.1, 0.15) is 0 Å². The average molecular weight is 360 g/mol. The van der Waals surface area contributed by atoms with Gasteiger partial charge in [0.15, 0.2) is 0 Å². The minimum absolute atomic E-state index is 0.183. The Morgan fingerprint density at radius 3 is 2.50 bits per heavy atom. The Labute approximate surface area is 148 Å². The van der Waals surface area contributed by atoms with Gasteiger partial charge in [-0.2, -0.15) is 23.5 Å². The Morgan fingerprint density at radius 1 is 1.19 bits per heavy atom. The smallest absolute Gasteiger partial charge is 0.376 e. The first-order valence-corrected chi connectivity index (χ1v) is 7.54.